The van der Waals surface area contributed by atoms with Crippen LogP contribution >= 0.6 is 0 Å². The highest BCUT2D eigenvalue weighted by molar-refractivity contribution is 5.47. The van der Waals surface area contributed by atoms with E-state index in [4.69, 9.17) is 11.5 Å². The Hall–Kier alpha value is -2.81. The van der Waals surface area contributed by atoms with Crippen LogP contribution in [0.15, 0.2) is 72.8 Å². The van der Waals surface area contributed by atoms with Gasteiger partial charge in [-0.2, -0.15) is 0 Å². The number of nitrogens with zero attached hydrogens (tertiary/aromatic N) is 1. The fourth-order valence-corrected chi connectivity index (χ4v) is 3.33. The van der Waals surface area contributed by atoms with Crippen LogP contribution < -0.4 is 11.5 Å². The molecular formula is C22H25N3. The molecule has 3 rings (SSSR count). The van der Waals surface area contributed by atoms with Crippen LogP contribution in [0.25, 0.3) is 0 Å². The quantitative estimate of drug-likeness (QED) is 0.612. The molecule has 0 spiro atoms. The highest BCUT2D eigenvalue weighted by Gasteiger charge is 2.15. The molecule has 0 saturated heterocycles. The van der Waals surface area contributed by atoms with Crippen LogP contribution in [0.3, 0.4) is 0 Å². The second-order valence-corrected chi connectivity index (χ2v) is 6.44. The van der Waals surface area contributed by atoms with E-state index < -0.39 is 0 Å². The van der Waals surface area contributed by atoms with Gasteiger partial charge in [0.1, 0.15) is 11.6 Å². The zero-order chi connectivity index (χ0) is 17.5. The summed E-state index contributed by atoms with van der Waals surface area (Å²) in [7, 11) is 0. The van der Waals surface area contributed by atoms with Crippen molar-refractivity contribution in [2.24, 2.45) is 0 Å². The maximum Gasteiger partial charge on any atom is 0.126 e. The molecule has 128 valence electrons. The molecule has 4 N–H and O–H groups in total. The first-order valence-corrected chi connectivity index (χ1v) is 8.84. The number of aryl methyl sites for hydroxylation is 1. The Kier molecular flexibility index (Phi) is 5.68. The number of anilines is 2. The molecule has 0 aliphatic heterocycles. The van der Waals surface area contributed by atoms with E-state index in [1.165, 1.54) is 17.5 Å². The average molecular weight is 331 g/mol. The van der Waals surface area contributed by atoms with Crippen molar-refractivity contribution < 1.29 is 0 Å². The van der Waals surface area contributed by atoms with Crippen LogP contribution in [0, 0.1) is 0 Å². The second kappa shape index (κ2) is 8.34. The highest BCUT2D eigenvalue weighted by Crippen LogP contribution is 2.31. The minimum atomic E-state index is 0.296. The van der Waals surface area contributed by atoms with Gasteiger partial charge in [-0.3, -0.25) is 0 Å². The Bertz CT molecular complexity index is 765. The zero-order valence-corrected chi connectivity index (χ0v) is 14.4. The van der Waals surface area contributed by atoms with Crippen LogP contribution in [0.5, 0.6) is 0 Å². The van der Waals surface area contributed by atoms with Crippen molar-refractivity contribution in [3.8, 4) is 0 Å². The van der Waals surface area contributed by atoms with Gasteiger partial charge in [0.25, 0.3) is 0 Å². The maximum absolute atomic E-state index is 5.92. The summed E-state index contributed by atoms with van der Waals surface area (Å²) < 4.78 is 0. The van der Waals surface area contributed by atoms with Gasteiger partial charge in [0.05, 0.1) is 0 Å². The number of nitrogen functional groups attached to an aromatic ring is 2. The van der Waals surface area contributed by atoms with E-state index in [0.717, 1.165) is 24.8 Å². The van der Waals surface area contributed by atoms with Crippen molar-refractivity contribution in [1.82, 2.24) is 4.98 Å². The summed E-state index contributed by atoms with van der Waals surface area (Å²) in [5.41, 5.74) is 15.7. The lowest BCUT2D eigenvalue weighted by Gasteiger charge is -2.19. The van der Waals surface area contributed by atoms with Crippen molar-refractivity contribution in [2.45, 2.75) is 31.6 Å². The van der Waals surface area contributed by atoms with Gasteiger partial charge in [-0.1, -0.05) is 67.1 Å². The van der Waals surface area contributed by atoms with E-state index in [2.05, 4.69) is 59.6 Å². The molecule has 1 atom stereocenters. The predicted octanol–water partition coefficient (Wildman–Crippen LogP) is 4.79. The molecule has 2 aromatic carbocycles. The molecule has 0 aliphatic rings. The molecule has 3 aromatic rings. The van der Waals surface area contributed by atoms with E-state index in [-0.39, 0.29) is 0 Å². The molecule has 3 heteroatoms. The molecular weight excluding hydrogens is 306 g/mol. The van der Waals surface area contributed by atoms with Crippen molar-refractivity contribution in [3.05, 3.63) is 89.5 Å². The van der Waals surface area contributed by atoms with E-state index in [0.29, 0.717) is 17.6 Å². The van der Waals surface area contributed by atoms with Crippen LogP contribution in [0.2, 0.25) is 0 Å². The Morgan fingerprint density at radius 2 is 1.32 bits per heavy atom. The number of nitrogens with two attached hydrogens (primary N) is 2. The summed E-state index contributed by atoms with van der Waals surface area (Å²) in [4.78, 5) is 4.10. The number of aromatic nitrogens is 1. The number of unbranched alkanes of at least 4 members (excludes halogenated alkanes) is 1. The third-order valence-corrected chi connectivity index (χ3v) is 4.54. The van der Waals surface area contributed by atoms with E-state index in [1.54, 1.807) is 0 Å². The van der Waals surface area contributed by atoms with Crippen molar-refractivity contribution in [1.29, 1.82) is 0 Å². The molecule has 0 radical (unpaired) electrons. The minimum Gasteiger partial charge on any atom is -0.384 e. The third-order valence-electron chi connectivity index (χ3n) is 4.54. The molecule has 0 fully saturated rings. The van der Waals surface area contributed by atoms with Crippen molar-refractivity contribution in [2.75, 3.05) is 11.5 Å². The Morgan fingerprint density at radius 3 is 1.96 bits per heavy atom. The smallest absolute Gasteiger partial charge is 0.126 e. The summed E-state index contributed by atoms with van der Waals surface area (Å²) in [6, 6.07) is 25.1. The van der Waals surface area contributed by atoms with Gasteiger partial charge < -0.3 is 11.5 Å². The van der Waals surface area contributed by atoms with Crippen LogP contribution in [-0.4, -0.2) is 4.98 Å². The summed E-state index contributed by atoms with van der Waals surface area (Å²) >= 11 is 0. The topological polar surface area (TPSA) is 64.9 Å². The molecule has 1 aromatic heterocycles. The normalized spacial score (nSPS) is 12.0. The number of rotatable bonds is 7. The van der Waals surface area contributed by atoms with Gasteiger partial charge in [0, 0.05) is 5.92 Å². The lowest BCUT2D eigenvalue weighted by Crippen LogP contribution is -2.05. The molecule has 25 heavy (non-hydrogen) atoms. The number of hydrogen-bond acceptors (Lipinski definition) is 3. The van der Waals surface area contributed by atoms with Crippen LogP contribution in [0.4, 0.5) is 11.6 Å². The largest absolute Gasteiger partial charge is 0.384 e. The lowest BCUT2D eigenvalue weighted by atomic mass is 9.87. The molecule has 1 unspecified atom stereocenters. The number of benzene rings is 2. The van der Waals surface area contributed by atoms with Gasteiger partial charge in [-0.25, -0.2) is 4.98 Å². The standard InChI is InChI=1S/C22H25N3/c23-21-15-19(16-22(24)25-21)20(18-12-5-2-6-13-18)14-8-7-11-17-9-3-1-4-10-17/h1-6,9-10,12-13,15-16,20H,7-8,11,14H2,(H4,23,24,25). The zero-order valence-electron chi connectivity index (χ0n) is 14.4. The van der Waals surface area contributed by atoms with Crippen LogP contribution in [-0.2, 0) is 6.42 Å². The van der Waals surface area contributed by atoms with Crippen molar-refractivity contribution in [3.63, 3.8) is 0 Å². The molecule has 0 aliphatic carbocycles. The van der Waals surface area contributed by atoms with Crippen molar-refractivity contribution >= 4 is 11.6 Å². The van der Waals surface area contributed by atoms with E-state index in [9.17, 15) is 0 Å². The highest BCUT2D eigenvalue weighted by atomic mass is 14.9. The summed E-state index contributed by atoms with van der Waals surface area (Å²) in [6.07, 6.45) is 4.50. The Morgan fingerprint density at radius 1 is 0.720 bits per heavy atom. The summed E-state index contributed by atoms with van der Waals surface area (Å²) in [5.74, 6) is 1.27. The first-order chi connectivity index (χ1) is 12.2. The van der Waals surface area contributed by atoms with Gasteiger partial charge >= 0.3 is 0 Å². The van der Waals surface area contributed by atoms with E-state index >= 15 is 0 Å². The first kappa shape index (κ1) is 17.0. The Balaban J connectivity index is 1.71. The second-order valence-electron chi connectivity index (χ2n) is 6.44. The van der Waals surface area contributed by atoms with E-state index in [1.807, 2.05) is 18.2 Å². The SMILES string of the molecule is Nc1cc(C(CCCCc2ccccc2)c2ccccc2)cc(N)n1. The molecule has 0 amide bonds. The summed E-state index contributed by atoms with van der Waals surface area (Å²) in [5, 5.41) is 0. The lowest BCUT2D eigenvalue weighted by molar-refractivity contribution is 0.626. The minimum absolute atomic E-state index is 0.296. The number of pyridine rings is 1. The van der Waals surface area contributed by atoms with Crippen LogP contribution in [0.1, 0.15) is 41.9 Å². The molecule has 0 bridgehead atoms. The van der Waals surface area contributed by atoms with Gasteiger partial charge in [-0.15, -0.1) is 0 Å². The Labute approximate surface area is 149 Å². The molecule has 1 heterocycles. The van der Waals surface area contributed by atoms with Gasteiger partial charge in [-0.05, 0) is 48.1 Å². The molecule has 3 nitrogen and oxygen atoms in total. The average Bonchev–Trinajstić information content (AvgIpc) is 2.62. The fraction of sp³-hybridized carbons (Fsp3) is 0.227. The van der Waals surface area contributed by atoms with Gasteiger partial charge in [0.2, 0.25) is 0 Å². The monoisotopic (exact) mass is 331 g/mol. The van der Waals surface area contributed by atoms with Gasteiger partial charge in [0.15, 0.2) is 0 Å². The number of hydrogen-bond donors (Lipinski definition) is 2. The summed E-state index contributed by atoms with van der Waals surface area (Å²) in [6.45, 7) is 0. The molecule has 0 saturated carbocycles. The fourth-order valence-electron chi connectivity index (χ4n) is 3.33. The maximum atomic E-state index is 5.92. The third kappa shape index (κ3) is 4.83. The predicted molar refractivity (Wildman–Crippen MR) is 105 cm³/mol. The first-order valence-electron chi connectivity index (χ1n) is 8.84.